The number of carbonyl (C=O) groups is 2. The number of hydrogen-bond donors (Lipinski definition) is 2. The van der Waals surface area contributed by atoms with Gasteiger partial charge >= 0.3 is 13.1 Å². The van der Waals surface area contributed by atoms with Gasteiger partial charge in [0.2, 0.25) is 0 Å². The van der Waals surface area contributed by atoms with Gasteiger partial charge in [0.05, 0.1) is 6.61 Å². The van der Waals surface area contributed by atoms with Gasteiger partial charge in [0, 0.05) is 5.57 Å². The molecule has 1 atom stereocenters. The Hall–Kier alpha value is -2.85. The molecule has 0 bridgehead atoms. The van der Waals surface area contributed by atoms with Crippen LogP contribution in [-0.2, 0) is 25.6 Å². The van der Waals surface area contributed by atoms with Gasteiger partial charge in [-0.05, 0) is 54.1 Å². The number of carbonyl (C=O) groups excluding carboxylic acids is 2. The topological polar surface area (TPSA) is 84.9 Å². The third-order valence-electron chi connectivity index (χ3n) is 5.02. The van der Waals surface area contributed by atoms with E-state index in [1.807, 2.05) is 0 Å². The zero-order valence-electron chi connectivity index (χ0n) is 18.3. The fraction of sp³-hybridized carbons (Fsp3) is 0.364. The molecule has 0 spiro atoms. The maximum Gasteiger partial charge on any atom is 0.492 e. The van der Waals surface area contributed by atoms with Crippen molar-refractivity contribution in [2.45, 2.75) is 40.3 Å². The lowest BCUT2D eigenvalue weighted by molar-refractivity contribution is -0.150. The van der Waals surface area contributed by atoms with E-state index in [9.17, 15) is 27.8 Å². The van der Waals surface area contributed by atoms with Crippen molar-refractivity contribution in [1.29, 1.82) is 0 Å². The molecule has 0 aliphatic carbocycles. The third kappa shape index (κ3) is 5.69. The summed E-state index contributed by atoms with van der Waals surface area (Å²) in [6, 6.07) is 0.381. The lowest BCUT2D eigenvalue weighted by Gasteiger charge is -2.22. The highest BCUT2D eigenvalue weighted by Gasteiger charge is 2.34. The zero-order chi connectivity index (χ0) is 24.2. The second-order valence-corrected chi connectivity index (χ2v) is 7.68. The minimum absolute atomic E-state index is 0.0768. The average Bonchev–Trinajstić information content (AvgIpc) is 3.06. The van der Waals surface area contributed by atoms with Crippen molar-refractivity contribution in [2.24, 2.45) is 5.92 Å². The molecule has 6 nitrogen and oxygen atoms in total. The van der Waals surface area contributed by atoms with E-state index in [1.54, 1.807) is 27.7 Å². The van der Waals surface area contributed by atoms with Gasteiger partial charge in [0.15, 0.2) is 17.5 Å². The summed E-state index contributed by atoms with van der Waals surface area (Å²) in [5, 5.41) is 12.6. The van der Waals surface area contributed by atoms with E-state index in [2.05, 4.69) is 11.9 Å². The van der Waals surface area contributed by atoms with E-state index in [1.165, 1.54) is 6.08 Å². The van der Waals surface area contributed by atoms with Crippen LogP contribution in [0.25, 0.3) is 0 Å². The van der Waals surface area contributed by atoms with Crippen molar-refractivity contribution >= 4 is 19.0 Å². The molecule has 172 valence electrons. The highest BCUT2D eigenvalue weighted by Crippen LogP contribution is 2.27. The summed E-state index contributed by atoms with van der Waals surface area (Å²) in [4.78, 5) is 25.5. The van der Waals surface area contributed by atoms with Gasteiger partial charge in [-0.15, -0.1) is 0 Å². The highest BCUT2D eigenvalue weighted by atomic mass is 19.2. The molecule has 1 fully saturated rings. The molecule has 2 N–H and O–H groups in total. The number of amides is 1. The molecule has 1 amide bonds. The molecular formula is C22H25BF3NO5. The molecule has 1 saturated heterocycles. The molecule has 1 heterocycles. The van der Waals surface area contributed by atoms with Gasteiger partial charge in [0.25, 0.3) is 5.91 Å². The van der Waals surface area contributed by atoms with Crippen LogP contribution in [0.2, 0.25) is 0 Å². The fourth-order valence-electron chi connectivity index (χ4n) is 3.28. The molecule has 1 aromatic rings. The molecule has 32 heavy (non-hydrogen) atoms. The largest absolute Gasteiger partial charge is 0.492 e. The van der Waals surface area contributed by atoms with Crippen molar-refractivity contribution in [3.8, 4) is 0 Å². The van der Waals surface area contributed by atoms with Crippen molar-refractivity contribution in [2.75, 3.05) is 6.61 Å². The van der Waals surface area contributed by atoms with E-state index >= 15 is 0 Å². The number of benzene rings is 1. The lowest BCUT2D eigenvalue weighted by Crippen LogP contribution is -2.46. The molecule has 0 aromatic heterocycles. The normalized spacial score (nSPS) is 17.0. The van der Waals surface area contributed by atoms with Crippen LogP contribution in [0.1, 0.15) is 33.3 Å². The van der Waals surface area contributed by atoms with E-state index in [0.717, 1.165) is 12.1 Å². The van der Waals surface area contributed by atoms with Crippen LogP contribution in [0.3, 0.4) is 0 Å². The third-order valence-corrected chi connectivity index (χ3v) is 5.02. The van der Waals surface area contributed by atoms with E-state index < -0.39 is 49.1 Å². The van der Waals surface area contributed by atoms with Gasteiger partial charge in [-0.3, -0.25) is 4.79 Å². The summed E-state index contributed by atoms with van der Waals surface area (Å²) in [5.41, 5.74) is 1.53. The second-order valence-electron chi connectivity index (χ2n) is 7.68. The maximum atomic E-state index is 13.4. The number of esters is 1. The average molecular weight is 451 g/mol. The lowest BCUT2D eigenvalue weighted by atomic mass is 9.73. The summed E-state index contributed by atoms with van der Waals surface area (Å²) < 4.78 is 50.0. The van der Waals surface area contributed by atoms with Crippen LogP contribution >= 0.6 is 0 Å². The molecular weight excluding hydrogens is 426 g/mol. The standard InChI is InChI=1S/C22H25BF3NO5/c1-6-15(13(5)18-12(4)9-32-23(18)30)21(28)27-20(11(2)3)22(29)31-10-14-7-16(24)19(26)17(25)8-14/h6-8,11,20,30H,4,9-10H2,1-3,5H3,(H,27,28)/b15-6+,18-13+/t20-/m0/s1. The van der Waals surface area contributed by atoms with Crippen LogP contribution in [-0.4, -0.2) is 36.7 Å². The molecule has 1 aromatic carbocycles. The summed E-state index contributed by atoms with van der Waals surface area (Å²) in [6.07, 6.45) is 1.53. The fourth-order valence-corrected chi connectivity index (χ4v) is 3.28. The van der Waals surface area contributed by atoms with Gasteiger partial charge in [-0.2, -0.15) is 0 Å². The smallest absolute Gasteiger partial charge is 0.459 e. The molecule has 0 saturated carbocycles. The highest BCUT2D eigenvalue weighted by molar-refractivity contribution is 6.55. The van der Waals surface area contributed by atoms with E-state index in [0.29, 0.717) is 16.6 Å². The van der Waals surface area contributed by atoms with Crippen LogP contribution in [0.4, 0.5) is 13.2 Å². The predicted octanol–water partition coefficient (Wildman–Crippen LogP) is 3.16. The Morgan fingerprint density at radius 2 is 1.91 bits per heavy atom. The SMILES string of the molecule is C=C1COB(O)/C1=C(C)/C(=C\C)C(=O)N[C@H](C(=O)OCc1cc(F)c(F)c(F)c1)C(C)C. The van der Waals surface area contributed by atoms with Crippen molar-refractivity contribution in [1.82, 2.24) is 5.32 Å². The van der Waals surface area contributed by atoms with Crippen LogP contribution < -0.4 is 5.32 Å². The Balaban J connectivity index is 2.15. The van der Waals surface area contributed by atoms with Gasteiger partial charge in [-0.25, -0.2) is 18.0 Å². The van der Waals surface area contributed by atoms with Gasteiger partial charge < -0.3 is 19.7 Å². The van der Waals surface area contributed by atoms with Crippen LogP contribution in [0.5, 0.6) is 0 Å². The number of hydrogen-bond acceptors (Lipinski definition) is 5. The number of ether oxygens (including phenoxy) is 1. The minimum atomic E-state index is -1.61. The van der Waals surface area contributed by atoms with Crippen molar-refractivity contribution in [3.63, 3.8) is 0 Å². The van der Waals surface area contributed by atoms with Crippen LogP contribution in [0.15, 0.2) is 47.0 Å². The number of nitrogens with one attached hydrogen (secondary N) is 1. The molecule has 0 radical (unpaired) electrons. The number of rotatable bonds is 7. The Morgan fingerprint density at radius 3 is 2.38 bits per heavy atom. The molecule has 2 rings (SSSR count). The summed E-state index contributed by atoms with van der Waals surface area (Å²) in [5.74, 6) is -6.20. The van der Waals surface area contributed by atoms with Crippen LogP contribution in [0, 0.1) is 23.4 Å². The summed E-state index contributed by atoms with van der Waals surface area (Å²) in [7, 11) is -1.20. The Morgan fingerprint density at radius 1 is 1.31 bits per heavy atom. The maximum absolute atomic E-state index is 13.4. The minimum Gasteiger partial charge on any atom is -0.459 e. The van der Waals surface area contributed by atoms with E-state index in [-0.39, 0.29) is 23.7 Å². The molecule has 0 unspecified atom stereocenters. The first-order chi connectivity index (χ1) is 15.0. The first-order valence-corrected chi connectivity index (χ1v) is 9.94. The first-order valence-electron chi connectivity index (χ1n) is 9.94. The van der Waals surface area contributed by atoms with Gasteiger partial charge in [0.1, 0.15) is 12.6 Å². The second kappa shape index (κ2) is 10.6. The Labute approximate surface area is 184 Å². The Bertz CT molecular complexity index is 967. The zero-order valence-corrected chi connectivity index (χ0v) is 18.3. The summed E-state index contributed by atoms with van der Waals surface area (Å²) in [6.45, 7) is 10.1. The Kier molecular flexibility index (Phi) is 8.46. The predicted molar refractivity (Wildman–Crippen MR) is 112 cm³/mol. The quantitative estimate of drug-likeness (QED) is 0.288. The molecule has 10 heteroatoms. The number of allylic oxidation sites excluding steroid dienone is 1. The van der Waals surface area contributed by atoms with Gasteiger partial charge in [-0.1, -0.05) is 26.5 Å². The molecule has 1 aliphatic heterocycles. The van der Waals surface area contributed by atoms with Crippen molar-refractivity contribution < 1.29 is 37.2 Å². The first kappa shape index (κ1) is 25.4. The van der Waals surface area contributed by atoms with E-state index in [4.69, 9.17) is 9.39 Å². The number of halogens is 3. The van der Waals surface area contributed by atoms with Crippen molar-refractivity contribution in [3.05, 3.63) is 70.0 Å². The summed E-state index contributed by atoms with van der Waals surface area (Å²) >= 11 is 0. The molecule has 1 aliphatic rings. The monoisotopic (exact) mass is 451 g/mol.